The van der Waals surface area contributed by atoms with Gasteiger partial charge in [-0.25, -0.2) is 9.97 Å². The molecular formula is C13H20N4O. The quantitative estimate of drug-likeness (QED) is 0.834. The van der Waals surface area contributed by atoms with Crippen molar-refractivity contribution in [3.05, 3.63) is 11.9 Å². The number of hydrogen-bond acceptors (Lipinski definition) is 5. The van der Waals surface area contributed by atoms with Gasteiger partial charge in [-0.1, -0.05) is 0 Å². The number of hydrogen-bond donors (Lipinski definition) is 2. The van der Waals surface area contributed by atoms with Crippen LogP contribution >= 0.6 is 0 Å². The molecule has 0 atom stereocenters. The third-order valence-corrected chi connectivity index (χ3v) is 3.72. The highest BCUT2D eigenvalue weighted by Gasteiger charge is 2.30. The molecule has 0 bridgehead atoms. The fourth-order valence-corrected chi connectivity index (χ4v) is 2.28. The topological polar surface area (TPSA) is 59.1 Å². The first kappa shape index (κ1) is 11.7. The van der Waals surface area contributed by atoms with Crippen LogP contribution in [0.15, 0.2) is 6.07 Å². The van der Waals surface area contributed by atoms with E-state index in [4.69, 9.17) is 4.74 Å². The lowest BCUT2D eigenvalue weighted by Crippen LogP contribution is -2.40. The van der Waals surface area contributed by atoms with E-state index in [-0.39, 0.29) is 0 Å². The summed E-state index contributed by atoms with van der Waals surface area (Å²) < 4.78 is 5.29. The van der Waals surface area contributed by atoms with Crippen LogP contribution in [-0.4, -0.2) is 36.3 Å². The number of methoxy groups -OCH3 is 1. The second-order valence-electron chi connectivity index (χ2n) is 5.19. The summed E-state index contributed by atoms with van der Waals surface area (Å²) in [5, 5.41) is 6.57. The lowest BCUT2D eigenvalue weighted by Gasteiger charge is -2.35. The summed E-state index contributed by atoms with van der Waals surface area (Å²) in [5.74, 6) is 3.40. The van der Waals surface area contributed by atoms with E-state index < -0.39 is 0 Å². The molecule has 3 rings (SSSR count). The molecule has 5 heteroatoms. The average molecular weight is 248 g/mol. The van der Waals surface area contributed by atoms with Crippen molar-refractivity contribution >= 4 is 11.6 Å². The van der Waals surface area contributed by atoms with Crippen molar-refractivity contribution < 1.29 is 4.74 Å². The molecule has 1 aromatic rings. The molecule has 98 valence electrons. The minimum absolute atomic E-state index is 0.413. The highest BCUT2D eigenvalue weighted by atomic mass is 16.5. The summed E-state index contributed by atoms with van der Waals surface area (Å²) in [6, 6.07) is 2.47. The second-order valence-corrected chi connectivity index (χ2v) is 5.19. The summed E-state index contributed by atoms with van der Waals surface area (Å²) in [6.45, 7) is 0. The third kappa shape index (κ3) is 2.41. The Morgan fingerprint density at radius 3 is 2.56 bits per heavy atom. The molecule has 18 heavy (non-hydrogen) atoms. The minimum atomic E-state index is 0.413. The van der Waals surface area contributed by atoms with E-state index in [0.717, 1.165) is 30.3 Å². The molecule has 2 fully saturated rings. The summed E-state index contributed by atoms with van der Waals surface area (Å²) in [5.41, 5.74) is 0. The molecule has 0 unspecified atom stereocenters. The summed E-state index contributed by atoms with van der Waals surface area (Å²) in [4.78, 5) is 9.12. The third-order valence-electron chi connectivity index (χ3n) is 3.72. The fourth-order valence-electron chi connectivity index (χ4n) is 2.28. The monoisotopic (exact) mass is 248 g/mol. The first-order valence-electron chi connectivity index (χ1n) is 6.64. The molecule has 0 amide bonds. The Morgan fingerprint density at radius 2 is 1.94 bits per heavy atom. The van der Waals surface area contributed by atoms with Crippen LogP contribution in [-0.2, 0) is 4.74 Å². The maximum Gasteiger partial charge on any atom is 0.136 e. The van der Waals surface area contributed by atoms with Crippen LogP contribution in [0, 0.1) is 0 Å². The predicted molar refractivity (Wildman–Crippen MR) is 71.0 cm³/mol. The predicted octanol–water partition coefficient (Wildman–Crippen LogP) is 1.98. The Morgan fingerprint density at radius 1 is 1.22 bits per heavy atom. The second kappa shape index (κ2) is 4.72. The first-order chi connectivity index (χ1) is 8.78. The molecular weight excluding hydrogens is 228 g/mol. The molecule has 1 heterocycles. The molecule has 2 N–H and O–H groups in total. The summed E-state index contributed by atoms with van der Waals surface area (Å²) in [6.07, 6.45) is 4.99. The van der Waals surface area contributed by atoms with E-state index in [9.17, 15) is 0 Å². The van der Waals surface area contributed by atoms with Gasteiger partial charge in [0.25, 0.3) is 0 Å². The largest absolute Gasteiger partial charge is 0.381 e. The van der Waals surface area contributed by atoms with Gasteiger partial charge in [0, 0.05) is 32.2 Å². The highest BCUT2D eigenvalue weighted by Crippen LogP contribution is 2.39. The van der Waals surface area contributed by atoms with Gasteiger partial charge in [-0.3, -0.25) is 0 Å². The van der Waals surface area contributed by atoms with E-state index in [0.29, 0.717) is 18.1 Å². The molecule has 0 aliphatic heterocycles. The van der Waals surface area contributed by atoms with E-state index in [1.54, 1.807) is 7.11 Å². The maximum atomic E-state index is 5.29. The Bertz CT molecular complexity index is 427. The van der Waals surface area contributed by atoms with Crippen LogP contribution in [0.1, 0.15) is 37.4 Å². The normalized spacial score (nSPS) is 26.6. The lowest BCUT2D eigenvalue weighted by molar-refractivity contribution is 0.0328. The van der Waals surface area contributed by atoms with Crippen molar-refractivity contribution in [1.29, 1.82) is 0 Å². The van der Waals surface area contributed by atoms with E-state index in [1.165, 1.54) is 12.8 Å². The average Bonchev–Trinajstić information content (AvgIpc) is 3.17. The van der Waals surface area contributed by atoms with Gasteiger partial charge in [-0.05, 0) is 25.7 Å². The Kier molecular flexibility index (Phi) is 3.07. The number of nitrogens with one attached hydrogen (secondary N) is 2. The van der Waals surface area contributed by atoms with Gasteiger partial charge in [-0.15, -0.1) is 0 Å². The Hall–Kier alpha value is -1.36. The molecule has 0 spiro atoms. The number of rotatable bonds is 5. The molecule has 0 saturated heterocycles. The Labute approximate surface area is 107 Å². The number of aromatic nitrogens is 2. The zero-order valence-electron chi connectivity index (χ0n) is 10.9. The van der Waals surface area contributed by atoms with Crippen LogP contribution in [0.25, 0.3) is 0 Å². The molecule has 2 aliphatic rings. The van der Waals surface area contributed by atoms with Gasteiger partial charge in [-0.2, -0.15) is 0 Å². The zero-order valence-corrected chi connectivity index (χ0v) is 10.9. The van der Waals surface area contributed by atoms with Crippen molar-refractivity contribution in [2.45, 2.75) is 43.7 Å². The SMILES string of the molecule is CNc1cc(NC2CC(OC)C2)nc(C2CC2)n1. The Balaban J connectivity index is 1.69. The van der Waals surface area contributed by atoms with Crippen LogP contribution in [0.2, 0.25) is 0 Å². The van der Waals surface area contributed by atoms with Gasteiger partial charge in [0.1, 0.15) is 17.5 Å². The van der Waals surface area contributed by atoms with Crippen molar-refractivity contribution in [2.24, 2.45) is 0 Å². The molecule has 2 saturated carbocycles. The number of ether oxygens (including phenoxy) is 1. The van der Waals surface area contributed by atoms with E-state index >= 15 is 0 Å². The van der Waals surface area contributed by atoms with Crippen LogP contribution < -0.4 is 10.6 Å². The molecule has 1 aromatic heterocycles. The lowest BCUT2D eigenvalue weighted by atomic mass is 9.89. The van der Waals surface area contributed by atoms with Gasteiger partial charge in [0.15, 0.2) is 0 Å². The smallest absolute Gasteiger partial charge is 0.136 e. The number of nitrogens with zero attached hydrogens (tertiary/aromatic N) is 2. The van der Waals surface area contributed by atoms with Gasteiger partial charge in [0.2, 0.25) is 0 Å². The van der Waals surface area contributed by atoms with Crippen molar-refractivity contribution in [2.75, 3.05) is 24.8 Å². The first-order valence-corrected chi connectivity index (χ1v) is 6.64. The highest BCUT2D eigenvalue weighted by molar-refractivity contribution is 5.48. The molecule has 0 radical (unpaired) electrons. The van der Waals surface area contributed by atoms with Gasteiger partial charge < -0.3 is 15.4 Å². The minimum Gasteiger partial charge on any atom is -0.381 e. The van der Waals surface area contributed by atoms with Crippen molar-refractivity contribution in [3.8, 4) is 0 Å². The van der Waals surface area contributed by atoms with E-state index in [2.05, 4.69) is 20.6 Å². The van der Waals surface area contributed by atoms with Crippen LogP contribution in [0.3, 0.4) is 0 Å². The molecule has 2 aliphatic carbocycles. The zero-order chi connectivity index (χ0) is 12.5. The number of anilines is 2. The van der Waals surface area contributed by atoms with Gasteiger partial charge >= 0.3 is 0 Å². The molecule has 0 aromatic carbocycles. The van der Waals surface area contributed by atoms with Gasteiger partial charge in [0.05, 0.1) is 6.10 Å². The summed E-state index contributed by atoms with van der Waals surface area (Å²) in [7, 11) is 3.67. The van der Waals surface area contributed by atoms with E-state index in [1.807, 2.05) is 13.1 Å². The maximum absolute atomic E-state index is 5.29. The standard InChI is InChI=1S/C13H20N4O/c1-14-11-7-12(15-9-5-10(6-9)18-2)17-13(16-11)8-3-4-8/h7-10H,3-6H2,1-2H3,(H2,14,15,16,17). The van der Waals surface area contributed by atoms with Crippen LogP contribution in [0.5, 0.6) is 0 Å². The molecule has 5 nitrogen and oxygen atoms in total. The fraction of sp³-hybridized carbons (Fsp3) is 0.692. The van der Waals surface area contributed by atoms with Crippen LogP contribution in [0.4, 0.5) is 11.6 Å². The van der Waals surface area contributed by atoms with Crippen molar-refractivity contribution in [1.82, 2.24) is 9.97 Å². The summed E-state index contributed by atoms with van der Waals surface area (Å²) >= 11 is 0. The van der Waals surface area contributed by atoms with Crippen molar-refractivity contribution in [3.63, 3.8) is 0 Å².